The second-order valence-electron chi connectivity index (χ2n) is 5.39. The molecule has 2 aliphatic heterocycles. The van der Waals surface area contributed by atoms with Crippen molar-refractivity contribution in [3.05, 3.63) is 0 Å². The zero-order chi connectivity index (χ0) is 10.3. The smallest absolute Gasteiger partial charge is 0.0707 e. The van der Waals surface area contributed by atoms with Crippen molar-refractivity contribution in [2.75, 3.05) is 13.1 Å². The van der Waals surface area contributed by atoms with E-state index in [4.69, 9.17) is 4.74 Å². The van der Waals surface area contributed by atoms with Crippen molar-refractivity contribution in [1.82, 2.24) is 4.90 Å². The number of aliphatic hydroxyl groups is 1. The summed E-state index contributed by atoms with van der Waals surface area (Å²) < 4.78 is 5.84. The van der Waals surface area contributed by atoms with Crippen LogP contribution in [0.1, 0.15) is 38.5 Å². The van der Waals surface area contributed by atoms with Crippen molar-refractivity contribution >= 4 is 0 Å². The molecule has 1 saturated carbocycles. The summed E-state index contributed by atoms with van der Waals surface area (Å²) in [4.78, 5) is 2.58. The average molecular weight is 211 g/mol. The van der Waals surface area contributed by atoms with E-state index in [-0.39, 0.29) is 6.10 Å². The van der Waals surface area contributed by atoms with Crippen LogP contribution in [0, 0.1) is 0 Å². The van der Waals surface area contributed by atoms with Gasteiger partial charge in [-0.2, -0.15) is 0 Å². The average Bonchev–Trinajstić information content (AvgIpc) is 2.58. The van der Waals surface area contributed by atoms with E-state index in [0.717, 1.165) is 25.9 Å². The van der Waals surface area contributed by atoms with Gasteiger partial charge in [-0.15, -0.1) is 0 Å². The summed E-state index contributed by atoms with van der Waals surface area (Å²) in [5, 5.41) is 9.70. The van der Waals surface area contributed by atoms with Crippen molar-refractivity contribution in [1.29, 1.82) is 0 Å². The summed E-state index contributed by atoms with van der Waals surface area (Å²) in [5.74, 6) is 0. The van der Waals surface area contributed by atoms with Crippen LogP contribution in [-0.4, -0.2) is 47.4 Å². The molecular weight excluding hydrogens is 190 g/mol. The molecule has 0 aromatic rings. The molecule has 15 heavy (non-hydrogen) atoms. The number of aliphatic hydroxyl groups excluding tert-OH is 1. The van der Waals surface area contributed by atoms with Crippen LogP contribution in [0.2, 0.25) is 0 Å². The second kappa shape index (κ2) is 4.04. The fraction of sp³-hybridized carbons (Fsp3) is 1.00. The van der Waals surface area contributed by atoms with Gasteiger partial charge in [0, 0.05) is 19.1 Å². The normalized spacial score (nSPS) is 47.0. The van der Waals surface area contributed by atoms with E-state index in [0.29, 0.717) is 18.2 Å². The number of hydrogen-bond donors (Lipinski definition) is 1. The highest BCUT2D eigenvalue weighted by Crippen LogP contribution is 2.31. The molecule has 3 rings (SSSR count). The third-order valence-electron chi connectivity index (χ3n) is 4.21. The van der Waals surface area contributed by atoms with Gasteiger partial charge in [-0.1, -0.05) is 0 Å². The number of hydrogen-bond acceptors (Lipinski definition) is 3. The van der Waals surface area contributed by atoms with E-state index >= 15 is 0 Å². The quantitative estimate of drug-likeness (QED) is 0.706. The number of rotatable bonds is 1. The third-order valence-corrected chi connectivity index (χ3v) is 4.21. The fourth-order valence-corrected chi connectivity index (χ4v) is 3.41. The maximum absolute atomic E-state index is 9.70. The monoisotopic (exact) mass is 211 g/mol. The molecule has 1 aliphatic carbocycles. The summed E-state index contributed by atoms with van der Waals surface area (Å²) in [6.07, 6.45) is 7.88. The van der Waals surface area contributed by atoms with Crippen molar-refractivity contribution < 1.29 is 9.84 Å². The van der Waals surface area contributed by atoms with Crippen LogP contribution in [0.3, 0.4) is 0 Å². The lowest BCUT2D eigenvalue weighted by molar-refractivity contribution is -0.0651. The summed E-state index contributed by atoms with van der Waals surface area (Å²) in [5.41, 5.74) is 0. The Bertz CT molecular complexity index is 222. The predicted octanol–water partition coefficient (Wildman–Crippen LogP) is 1.15. The van der Waals surface area contributed by atoms with Gasteiger partial charge in [-0.05, 0) is 38.5 Å². The maximum Gasteiger partial charge on any atom is 0.0707 e. The molecular formula is C12H21NO2. The van der Waals surface area contributed by atoms with Crippen LogP contribution in [0.5, 0.6) is 0 Å². The molecule has 0 spiro atoms. The third kappa shape index (κ3) is 2.05. The van der Waals surface area contributed by atoms with Crippen molar-refractivity contribution in [3.63, 3.8) is 0 Å². The first kappa shape index (κ1) is 10.1. The molecule has 1 N–H and O–H groups in total. The Balaban J connectivity index is 1.62. The van der Waals surface area contributed by atoms with Gasteiger partial charge in [0.15, 0.2) is 0 Å². The Morgan fingerprint density at radius 3 is 2.40 bits per heavy atom. The Morgan fingerprint density at radius 1 is 1.00 bits per heavy atom. The van der Waals surface area contributed by atoms with Gasteiger partial charge in [-0.25, -0.2) is 0 Å². The summed E-state index contributed by atoms with van der Waals surface area (Å²) in [6, 6.07) is 0.626. The zero-order valence-corrected chi connectivity index (χ0v) is 9.27. The molecule has 2 saturated heterocycles. The summed E-state index contributed by atoms with van der Waals surface area (Å²) in [6.45, 7) is 2.21. The molecule has 4 atom stereocenters. The molecule has 0 amide bonds. The van der Waals surface area contributed by atoms with Crippen LogP contribution >= 0.6 is 0 Å². The minimum atomic E-state index is -0.0516. The second-order valence-corrected chi connectivity index (χ2v) is 5.39. The van der Waals surface area contributed by atoms with Crippen molar-refractivity contribution in [3.8, 4) is 0 Å². The molecule has 4 unspecified atom stereocenters. The standard InChI is InChI=1S/C12H21NO2/c14-10-3-1-2-9(6-10)13-7-11-4-5-12(8-13)15-11/h9-12,14H,1-8H2. The molecule has 0 aromatic carbocycles. The number of ether oxygens (including phenoxy) is 1. The van der Waals surface area contributed by atoms with E-state index in [2.05, 4.69) is 4.90 Å². The molecule has 3 heteroatoms. The van der Waals surface area contributed by atoms with E-state index in [9.17, 15) is 5.11 Å². The minimum Gasteiger partial charge on any atom is -0.393 e. The first-order valence-electron chi connectivity index (χ1n) is 6.39. The van der Waals surface area contributed by atoms with E-state index in [1.807, 2.05) is 0 Å². The number of morpholine rings is 1. The molecule has 86 valence electrons. The van der Waals surface area contributed by atoms with Gasteiger partial charge >= 0.3 is 0 Å². The number of fused-ring (bicyclic) bond motifs is 2. The number of nitrogens with zero attached hydrogens (tertiary/aromatic N) is 1. The Hall–Kier alpha value is -0.120. The zero-order valence-electron chi connectivity index (χ0n) is 9.27. The van der Waals surface area contributed by atoms with Gasteiger partial charge in [0.25, 0.3) is 0 Å². The maximum atomic E-state index is 9.70. The molecule has 0 radical (unpaired) electrons. The highest BCUT2D eigenvalue weighted by molar-refractivity contribution is 4.90. The van der Waals surface area contributed by atoms with Crippen LogP contribution in [0.15, 0.2) is 0 Å². The lowest BCUT2D eigenvalue weighted by Crippen LogP contribution is -2.49. The lowest BCUT2D eigenvalue weighted by Gasteiger charge is -2.40. The first-order chi connectivity index (χ1) is 7.31. The highest BCUT2D eigenvalue weighted by Gasteiger charge is 2.37. The molecule has 0 aromatic heterocycles. The Kier molecular flexibility index (Phi) is 2.71. The first-order valence-corrected chi connectivity index (χ1v) is 6.39. The summed E-state index contributed by atoms with van der Waals surface area (Å²) >= 11 is 0. The van der Waals surface area contributed by atoms with Gasteiger partial charge in [-0.3, -0.25) is 4.90 Å². The van der Waals surface area contributed by atoms with E-state index in [1.165, 1.54) is 25.7 Å². The van der Waals surface area contributed by atoms with E-state index in [1.54, 1.807) is 0 Å². The van der Waals surface area contributed by atoms with Crippen LogP contribution in [0.4, 0.5) is 0 Å². The fourth-order valence-electron chi connectivity index (χ4n) is 3.41. The topological polar surface area (TPSA) is 32.7 Å². The van der Waals surface area contributed by atoms with Crippen LogP contribution < -0.4 is 0 Å². The van der Waals surface area contributed by atoms with Gasteiger partial charge in [0.05, 0.1) is 18.3 Å². The van der Waals surface area contributed by atoms with Gasteiger partial charge in [0.2, 0.25) is 0 Å². The molecule has 3 aliphatic rings. The molecule has 2 heterocycles. The molecule has 2 bridgehead atoms. The van der Waals surface area contributed by atoms with E-state index < -0.39 is 0 Å². The number of likely N-dealkylation sites (tertiary alicyclic amines) is 1. The largest absolute Gasteiger partial charge is 0.393 e. The lowest BCUT2D eigenvalue weighted by atomic mass is 9.91. The van der Waals surface area contributed by atoms with Crippen LogP contribution in [-0.2, 0) is 4.74 Å². The summed E-state index contributed by atoms with van der Waals surface area (Å²) in [7, 11) is 0. The molecule has 3 fully saturated rings. The van der Waals surface area contributed by atoms with Gasteiger partial charge < -0.3 is 9.84 Å². The Labute approximate surface area is 91.4 Å². The van der Waals surface area contributed by atoms with Crippen molar-refractivity contribution in [2.24, 2.45) is 0 Å². The van der Waals surface area contributed by atoms with Crippen LogP contribution in [0.25, 0.3) is 0 Å². The minimum absolute atomic E-state index is 0.0516. The van der Waals surface area contributed by atoms with Crippen molar-refractivity contribution in [2.45, 2.75) is 62.9 Å². The van der Waals surface area contributed by atoms with Gasteiger partial charge in [0.1, 0.15) is 0 Å². The highest BCUT2D eigenvalue weighted by atomic mass is 16.5. The predicted molar refractivity (Wildman–Crippen MR) is 57.7 cm³/mol. The Morgan fingerprint density at radius 2 is 1.73 bits per heavy atom. The SMILES string of the molecule is OC1CCCC(N2CC3CCC(C2)O3)C1. The molecule has 3 nitrogen and oxygen atoms in total.